The summed E-state index contributed by atoms with van der Waals surface area (Å²) in [6.07, 6.45) is 3.05. The number of hydrogen-bond acceptors (Lipinski definition) is 7. The van der Waals surface area contributed by atoms with Crippen LogP contribution in [0.1, 0.15) is 30.1 Å². The maximum atomic E-state index is 11.2. The molecule has 1 aromatic heterocycles. The number of rotatable bonds is 6. The molecule has 0 aliphatic heterocycles. The maximum absolute atomic E-state index is 11.2. The van der Waals surface area contributed by atoms with Crippen LogP contribution in [0.15, 0.2) is 30.5 Å². The van der Waals surface area contributed by atoms with Gasteiger partial charge in [0.2, 0.25) is 5.82 Å². The third-order valence-electron chi connectivity index (χ3n) is 3.33. The summed E-state index contributed by atoms with van der Waals surface area (Å²) in [6, 6.07) is 6.73. The SMILES string of the molecule is CC(=O)c1ccc(Oc2ncc([N+](=O)[O-])c(NC3CC3)n2)cc1. The van der Waals surface area contributed by atoms with E-state index in [0.29, 0.717) is 11.3 Å². The van der Waals surface area contributed by atoms with Gasteiger partial charge in [-0.3, -0.25) is 14.9 Å². The van der Waals surface area contributed by atoms with Gasteiger partial charge in [0.1, 0.15) is 11.9 Å². The molecule has 23 heavy (non-hydrogen) atoms. The molecule has 118 valence electrons. The molecule has 0 amide bonds. The van der Waals surface area contributed by atoms with Gasteiger partial charge in [0.15, 0.2) is 5.78 Å². The van der Waals surface area contributed by atoms with E-state index in [2.05, 4.69) is 15.3 Å². The Morgan fingerprint density at radius 3 is 2.61 bits per heavy atom. The number of ketones is 1. The van der Waals surface area contributed by atoms with E-state index in [0.717, 1.165) is 19.0 Å². The van der Waals surface area contributed by atoms with Crippen LogP contribution < -0.4 is 10.1 Å². The van der Waals surface area contributed by atoms with E-state index < -0.39 is 4.92 Å². The average Bonchev–Trinajstić information content (AvgIpc) is 3.32. The molecule has 1 aliphatic rings. The van der Waals surface area contributed by atoms with Gasteiger partial charge >= 0.3 is 11.7 Å². The number of nitro groups is 1. The predicted molar refractivity (Wildman–Crippen MR) is 81.9 cm³/mol. The summed E-state index contributed by atoms with van der Waals surface area (Å²) in [4.78, 5) is 29.6. The van der Waals surface area contributed by atoms with Crippen LogP contribution in [-0.2, 0) is 0 Å². The number of nitrogens with one attached hydrogen (secondary N) is 1. The Morgan fingerprint density at radius 1 is 1.35 bits per heavy atom. The highest BCUT2D eigenvalue weighted by atomic mass is 16.6. The molecule has 1 heterocycles. The number of hydrogen-bond donors (Lipinski definition) is 1. The lowest BCUT2D eigenvalue weighted by Crippen LogP contribution is -2.08. The molecule has 0 atom stereocenters. The van der Waals surface area contributed by atoms with Crippen LogP contribution >= 0.6 is 0 Å². The van der Waals surface area contributed by atoms with E-state index in [1.165, 1.54) is 6.92 Å². The number of carbonyl (C=O) groups is 1. The van der Waals surface area contributed by atoms with Crippen molar-refractivity contribution < 1.29 is 14.5 Å². The van der Waals surface area contributed by atoms with Crippen molar-refractivity contribution in [3.05, 3.63) is 46.1 Å². The molecule has 1 aromatic carbocycles. The van der Waals surface area contributed by atoms with Gasteiger partial charge in [-0.2, -0.15) is 9.97 Å². The van der Waals surface area contributed by atoms with Crippen LogP contribution in [0, 0.1) is 10.1 Å². The van der Waals surface area contributed by atoms with Crippen LogP contribution in [0.25, 0.3) is 0 Å². The van der Waals surface area contributed by atoms with Gasteiger partial charge in [-0.15, -0.1) is 0 Å². The third kappa shape index (κ3) is 3.60. The van der Waals surface area contributed by atoms with Crippen molar-refractivity contribution in [2.75, 3.05) is 5.32 Å². The van der Waals surface area contributed by atoms with Crippen molar-refractivity contribution in [3.63, 3.8) is 0 Å². The zero-order valence-electron chi connectivity index (χ0n) is 12.4. The first-order valence-electron chi connectivity index (χ1n) is 7.10. The molecule has 8 heteroatoms. The molecule has 2 aromatic rings. The lowest BCUT2D eigenvalue weighted by molar-refractivity contribution is -0.384. The number of Topliss-reactive ketones (excluding diaryl/α,β-unsaturated/α-hetero) is 1. The first-order chi connectivity index (χ1) is 11.0. The van der Waals surface area contributed by atoms with Crippen molar-refractivity contribution in [1.29, 1.82) is 0 Å². The topological polar surface area (TPSA) is 107 Å². The van der Waals surface area contributed by atoms with E-state index >= 15 is 0 Å². The quantitative estimate of drug-likeness (QED) is 0.496. The van der Waals surface area contributed by atoms with Crippen molar-refractivity contribution in [2.24, 2.45) is 0 Å². The minimum absolute atomic E-state index is 0.00863. The van der Waals surface area contributed by atoms with Crippen molar-refractivity contribution in [1.82, 2.24) is 9.97 Å². The maximum Gasteiger partial charge on any atom is 0.329 e. The predicted octanol–water partition coefficient (Wildman–Crippen LogP) is 2.95. The Balaban J connectivity index is 1.81. The molecule has 1 fully saturated rings. The molecule has 0 bridgehead atoms. The summed E-state index contributed by atoms with van der Waals surface area (Å²) >= 11 is 0. The molecule has 0 unspecified atom stereocenters. The molecular weight excluding hydrogens is 300 g/mol. The molecule has 1 saturated carbocycles. The summed E-state index contributed by atoms with van der Waals surface area (Å²) in [5, 5.41) is 14.0. The molecule has 0 saturated heterocycles. The smallest absolute Gasteiger partial charge is 0.329 e. The van der Waals surface area contributed by atoms with Gasteiger partial charge in [-0.05, 0) is 44.0 Å². The van der Waals surface area contributed by atoms with Gasteiger partial charge in [-0.25, -0.2) is 0 Å². The van der Waals surface area contributed by atoms with Gasteiger partial charge in [-0.1, -0.05) is 0 Å². The van der Waals surface area contributed by atoms with Gasteiger partial charge in [0, 0.05) is 11.6 Å². The lowest BCUT2D eigenvalue weighted by atomic mass is 10.1. The Labute approximate surface area is 131 Å². The second kappa shape index (κ2) is 5.99. The Kier molecular flexibility index (Phi) is 3.88. The van der Waals surface area contributed by atoms with E-state index in [9.17, 15) is 14.9 Å². The molecule has 3 rings (SSSR count). The first kappa shape index (κ1) is 14.9. The van der Waals surface area contributed by atoms with Crippen molar-refractivity contribution >= 4 is 17.3 Å². The summed E-state index contributed by atoms with van der Waals surface area (Å²) < 4.78 is 5.49. The van der Waals surface area contributed by atoms with Crippen LogP contribution in [0.4, 0.5) is 11.5 Å². The number of nitrogens with zero attached hydrogens (tertiary/aromatic N) is 3. The molecule has 1 N–H and O–H groups in total. The monoisotopic (exact) mass is 314 g/mol. The standard InChI is InChI=1S/C15H14N4O4/c1-9(20)10-2-6-12(7-3-10)23-15-16-8-13(19(21)22)14(18-15)17-11-4-5-11/h2-3,6-8,11H,4-5H2,1H3,(H,16,17,18). The van der Waals surface area contributed by atoms with Crippen LogP contribution in [0.2, 0.25) is 0 Å². The van der Waals surface area contributed by atoms with Crippen LogP contribution in [0.3, 0.4) is 0 Å². The van der Waals surface area contributed by atoms with Crippen LogP contribution in [-0.4, -0.2) is 26.7 Å². The van der Waals surface area contributed by atoms with Crippen molar-refractivity contribution in [3.8, 4) is 11.8 Å². The summed E-state index contributed by atoms with van der Waals surface area (Å²) in [5.41, 5.74) is 0.384. The highest BCUT2D eigenvalue weighted by Crippen LogP contribution is 2.30. The second-order valence-electron chi connectivity index (χ2n) is 5.24. The normalized spacial score (nSPS) is 13.4. The molecular formula is C15H14N4O4. The Morgan fingerprint density at radius 2 is 2.04 bits per heavy atom. The minimum atomic E-state index is -0.532. The van der Waals surface area contributed by atoms with E-state index in [1.54, 1.807) is 24.3 Å². The van der Waals surface area contributed by atoms with E-state index in [1.807, 2.05) is 0 Å². The number of aromatic nitrogens is 2. The summed E-state index contributed by atoms with van der Waals surface area (Å²) in [6.45, 7) is 1.48. The van der Waals surface area contributed by atoms with E-state index in [4.69, 9.17) is 4.74 Å². The third-order valence-corrected chi connectivity index (χ3v) is 3.33. The Bertz CT molecular complexity index is 757. The highest BCUT2D eigenvalue weighted by Gasteiger charge is 2.26. The number of benzene rings is 1. The fourth-order valence-corrected chi connectivity index (χ4v) is 1.93. The first-order valence-corrected chi connectivity index (χ1v) is 7.10. The van der Waals surface area contributed by atoms with Crippen LogP contribution in [0.5, 0.6) is 11.8 Å². The van der Waals surface area contributed by atoms with Gasteiger partial charge < -0.3 is 10.1 Å². The summed E-state index contributed by atoms with van der Waals surface area (Å²) in [5.74, 6) is 0.558. The molecule has 8 nitrogen and oxygen atoms in total. The largest absolute Gasteiger partial charge is 0.424 e. The zero-order valence-corrected chi connectivity index (χ0v) is 12.4. The number of carbonyl (C=O) groups excluding carboxylic acids is 1. The number of anilines is 1. The minimum Gasteiger partial charge on any atom is -0.424 e. The fraction of sp³-hybridized carbons (Fsp3) is 0.267. The lowest BCUT2D eigenvalue weighted by Gasteiger charge is -2.07. The van der Waals surface area contributed by atoms with Gasteiger partial charge in [0.05, 0.1) is 4.92 Å². The van der Waals surface area contributed by atoms with E-state index in [-0.39, 0.29) is 29.3 Å². The van der Waals surface area contributed by atoms with Crippen molar-refractivity contribution in [2.45, 2.75) is 25.8 Å². The average molecular weight is 314 g/mol. The highest BCUT2D eigenvalue weighted by molar-refractivity contribution is 5.94. The summed E-state index contributed by atoms with van der Waals surface area (Å²) in [7, 11) is 0. The molecule has 0 radical (unpaired) electrons. The van der Waals surface area contributed by atoms with Gasteiger partial charge in [0.25, 0.3) is 0 Å². The molecule has 0 spiro atoms. The Hall–Kier alpha value is -3.03. The number of ether oxygens (including phenoxy) is 1. The zero-order chi connectivity index (χ0) is 16.4. The fourth-order valence-electron chi connectivity index (χ4n) is 1.93. The second-order valence-corrected chi connectivity index (χ2v) is 5.24. The molecule has 1 aliphatic carbocycles.